The second kappa shape index (κ2) is 3.75. The van der Waals surface area contributed by atoms with Gasteiger partial charge in [0.15, 0.2) is 0 Å². The van der Waals surface area contributed by atoms with E-state index in [2.05, 4.69) is 0 Å². The Kier molecular flexibility index (Phi) is 3.63. The number of hydrogen-bond donors (Lipinski definition) is 1. The summed E-state index contributed by atoms with van der Waals surface area (Å²) < 4.78 is 24.2. The predicted octanol–water partition coefficient (Wildman–Crippen LogP) is 1.46. The summed E-state index contributed by atoms with van der Waals surface area (Å²) in [6, 6.07) is 0. The highest BCUT2D eigenvalue weighted by Crippen LogP contribution is 2.19. The monoisotopic (exact) mass is 170 g/mol. The molecule has 0 saturated carbocycles. The van der Waals surface area contributed by atoms with Gasteiger partial charge in [0.05, 0.1) is 5.75 Å². The van der Waals surface area contributed by atoms with Crippen LogP contribution in [-0.2, 0) is 4.79 Å². The fraction of sp³-hybridized carbons (Fsp3) is 0.800. The van der Waals surface area contributed by atoms with E-state index < -0.39 is 17.6 Å². The van der Waals surface area contributed by atoms with Crippen LogP contribution >= 0.6 is 11.8 Å². The van der Waals surface area contributed by atoms with Gasteiger partial charge in [-0.15, -0.1) is 0 Å². The van der Waals surface area contributed by atoms with Crippen LogP contribution in [-0.4, -0.2) is 28.5 Å². The lowest BCUT2D eigenvalue weighted by atomic mass is 10.4. The summed E-state index contributed by atoms with van der Waals surface area (Å²) in [5.74, 6) is -5.75. The van der Waals surface area contributed by atoms with Crippen molar-refractivity contribution < 1.29 is 18.7 Å². The van der Waals surface area contributed by atoms with Crippen molar-refractivity contribution in [1.82, 2.24) is 0 Å². The zero-order valence-electron chi connectivity index (χ0n) is 5.43. The van der Waals surface area contributed by atoms with Crippen molar-refractivity contribution in [3.63, 3.8) is 0 Å². The molecule has 0 aliphatic rings. The van der Waals surface area contributed by atoms with Gasteiger partial charge in [-0.05, 0) is 5.75 Å². The highest BCUT2D eigenvalue weighted by molar-refractivity contribution is 7.99. The summed E-state index contributed by atoms with van der Waals surface area (Å²) in [7, 11) is 0. The number of carboxylic acids is 1. The van der Waals surface area contributed by atoms with Gasteiger partial charge in [-0.3, -0.25) is 0 Å². The first kappa shape index (κ1) is 9.68. The number of thioether (sulfide) groups is 1. The van der Waals surface area contributed by atoms with Gasteiger partial charge >= 0.3 is 11.9 Å². The maximum Gasteiger partial charge on any atom is 0.375 e. The Labute approximate surface area is 61.6 Å². The molecule has 0 heterocycles. The molecule has 0 fully saturated rings. The minimum absolute atomic E-state index is 0.503. The Morgan fingerprint density at radius 3 is 2.50 bits per heavy atom. The third kappa shape index (κ3) is 3.00. The maximum absolute atomic E-state index is 12.1. The molecule has 0 radical (unpaired) electrons. The van der Waals surface area contributed by atoms with Crippen molar-refractivity contribution in [2.24, 2.45) is 0 Å². The summed E-state index contributed by atoms with van der Waals surface area (Å²) >= 11 is 0.913. The average molecular weight is 170 g/mol. The summed E-state index contributed by atoms with van der Waals surface area (Å²) in [4.78, 5) is 9.76. The molecule has 0 aliphatic carbocycles. The summed E-state index contributed by atoms with van der Waals surface area (Å²) in [6.45, 7) is 1.70. The molecule has 0 aromatic carbocycles. The molecule has 2 nitrogen and oxygen atoms in total. The standard InChI is InChI=1S/C5H8F2O2S/c1-2-10-3-5(6,7)4(8)9/h2-3H2,1H3,(H,8,9). The van der Waals surface area contributed by atoms with E-state index in [0.717, 1.165) is 11.8 Å². The molecule has 0 saturated heterocycles. The smallest absolute Gasteiger partial charge is 0.375 e. The highest BCUT2D eigenvalue weighted by Gasteiger charge is 2.38. The quantitative estimate of drug-likeness (QED) is 0.694. The molecule has 0 spiro atoms. The van der Waals surface area contributed by atoms with Crippen LogP contribution in [0, 0.1) is 0 Å². The first-order chi connectivity index (χ1) is 4.50. The molecule has 60 valence electrons. The largest absolute Gasteiger partial charge is 0.477 e. The summed E-state index contributed by atoms with van der Waals surface area (Å²) in [5.41, 5.74) is 0. The van der Waals surface area contributed by atoms with E-state index in [9.17, 15) is 13.6 Å². The number of aliphatic carboxylic acids is 1. The van der Waals surface area contributed by atoms with Crippen molar-refractivity contribution >= 4 is 17.7 Å². The Balaban J connectivity index is 3.75. The van der Waals surface area contributed by atoms with E-state index in [-0.39, 0.29) is 0 Å². The summed E-state index contributed by atoms with van der Waals surface area (Å²) in [5, 5.41) is 7.90. The first-order valence-corrected chi connectivity index (χ1v) is 3.85. The van der Waals surface area contributed by atoms with Crippen LogP contribution in [0.5, 0.6) is 0 Å². The number of hydrogen-bond acceptors (Lipinski definition) is 2. The van der Waals surface area contributed by atoms with Gasteiger partial charge in [0.2, 0.25) is 0 Å². The van der Waals surface area contributed by atoms with Gasteiger partial charge in [0.1, 0.15) is 0 Å². The zero-order valence-corrected chi connectivity index (χ0v) is 6.25. The number of carbonyl (C=O) groups is 1. The Morgan fingerprint density at radius 2 is 2.20 bits per heavy atom. The van der Waals surface area contributed by atoms with Crippen LogP contribution in [0.3, 0.4) is 0 Å². The Morgan fingerprint density at radius 1 is 1.70 bits per heavy atom. The molecule has 0 aliphatic heterocycles. The lowest BCUT2D eigenvalue weighted by Crippen LogP contribution is -2.30. The Hall–Kier alpha value is -0.320. The van der Waals surface area contributed by atoms with Crippen LogP contribution in [0.4, 0.5) is 8.78 Å². The van der Waals surface area contributed by atoms with Gasteiger partial charge in [0, 0.05) is 0 Å². The van der Waals surface area contributed by atoms with E-state index in [1.54, 1.807) is 6.92 Å². The molecule has 0 amide bonds. The molecule has 0 aromatic heterocycles. The lowest BCUT2D eigenvalue weighted by Gasteiger charge is -2.08. The molecule has 1 N–H and O–H groups in total. The fourth-order valence-corrected chi connectivity index (χ4v) is 0.876. The van der Waals surface area contributed by atoms with Gasteiger partial charge in [-0.25, -0.2) is 4.79 Å². The molecule has 0 rings (SSSR count). The first-order valence-electron chi connectivity index (χ1n) is 2.69. The number of alkyl halides is 2. The number of carboxylic acid groups (broad SMARTS) is 1. The molecule has 5 heteroatoms. The SMILES string of the molecule is CCSCC(F)(F)C(=O)O. The van der Waals surface area contributed by atoms with Crippen molar-refractivity contribution in [2.45, 2.75) is 12.8 Å². The van der Waals surface area contributed by atoms with Crippen LogP contribution in [0.25, 0.3) is 0 Å². The molecule has 10 heavy (non-hydrogen) atoms. The normalized spacial score (nSPS) is 11.5. The van der Waals surface area contributed by atoms with Crippen molar-refractivity contribution in [3.05, 3.63) is 0 Å². The molecule has 0 atom stereocenters. The molecule has 0 bridgehead atoms. The topological polar surface area (TPSA) is 37.3 Å². The lowest BCUT2D eigenvalue weighted by molar-refractivity contribution is -0.161. The van der Waals surface area contributed by atoms with E-state index in [0.29, 0.717) is 5.75 Å². The highest BCUT2D eigenvalue weighted by atomic mass is 32.2. The third-order valence-electron chi connectivity index (χ3n) is 0.800. The molecular formula is C5H8F2O2S. The van der Waals surface area contributed by atoms with E-state index in [1.807, 2.05) is 0 Å². The van der Waals surface area contributed by atoms with Gasteiger partial charge in [0.25, 0.3) is 0 Å². The van der Waals surface area contributed by atoms with Crippen molar-refractivity contribution in [2.75, 3.05) is 11.5 Å². The number of halogens is 2. The van der Waals surface area contributed by atoms with Gasteiger partial charge in [-0.2, -0.15) is 20.5 Å². The predicted molar refractivity (Wildman–Crippen MR) is 35.6 cm³/mol. The summed E-state index contributed by atoms with van der Waals surface area (Å²) in [6.07, 6.45) is 0. The van der Waals surface area contributed by atoms with Crippen LogP contribution in [0.2, 0.25) is 0 Å². The third-order valence-corrected chi connectivity index (χ3v) is 1.78. The second-order valence-electron chi connectivity index (χ2n) is 1.65. The van der Waals surface area contributed by atoms with Crippen molar-refractivity contribution in [3.8, 4) is 0 Å². The zero-order chi connectivity index (χ0) is 8.20. The number of rotatable bonds is 4. The van der Waals surface area contributed by atoms with E-state index in [1.165, 1.54) is 0 Å². The maximum atomic E-state index is 12.1. The minimum Gasteiger partial charge on any atom is -0.477 e. The van der Waals surface area contributed by atoms with Crippen LogP contribution < -0.4 is 0 Å². The molecular weight excluding hydrogens is 162 g/mol. The van der Waals surface area contributed by atoms with Crippen LogP contribution in [0.1, 0.15) is 6.92 Å². The molecule has 0 unspecified atom stereocenters. The Bertz CT molecular complexity index is 127. The fourth-order valence-electron chi connectivity index (χ4n) is 0.292. The van der Waals surface area contributed by atoms with Crippen molar-refractivity contribution in [1.29, 1.82) is 0 Å². The minimum atomic E-state index is -3.57. The van der Waals surface area contributed by atoms with E-state index in [4.69, 9.17) is 5.11 Å². The van der Waals surface area contributed by atoms with Crippen LogP contribution in [0.15, 0.2) is 0 Å². The van der Waals surface area contributed by atoms with Gasteiger partial charge < -0.3 is 5.11 Å². The van der Waals surface area contributed by atoms with Gasteiger partial charge in [-0.1, -0.05) is 6.92 Å². The molecule has 0 aromatic rings. The average Bonchev–Trinajstić information content (AvgIpc) is 1.84. The second-order valence-corrected chi connectivity index (χ2v) is 2.92. The van der Waals surface area contributed by atoms with E-state index >= 15 is 0 Å².